The van der Waals surface area contributed by atoms with E-state index in [-0.39, 0.29) is 5.04 Å². The normalized spacial score (nSPS) is 12.6. The standard InChI is InChI=1S/C9H22N2O2Si/c1-9(2,3)14(4,5)13-7-6-11-8(10)12/h6-7H2,1-5H3,(H3,10,11,12). The van der Waals surface area contributed by atoms with E-state index in [0.29, 0.717) is 13.2 Å². The highest BCUT2D eigenvalue weighted by atomic mass is 28.4. The summed E-state index contributed by atoms with van der Waals surface area (Å²) < 4.78 is 5.81. The molecule has 0 aromatic heterocycles. The molecule has 0 atom stereocenters. The highest BCUT2D eigenvalue weighted by Gasteiger charge is 2.36. The van der Waals surface area contributed by atoms with Crippen LogP contribution in [-0.4, -0.2) is 27.5 Å². The monoisotopic (exact) mass is 218 g/mol. The van der Waals surface area contributed by atoms with Gasteiger partial charge in [-0.3, -0.25) is 0 Å². The number of carbonyl (C=O) groups excluding carboxylic acids is 1. The number of carbonyl (C=O) groups is 1. The smallest absolute Gasteiger partial charge is 0.312 e. The minimum absolute atomic E-state index is 0.208. The molecule has 0 aliphatic rings. The molecule has 0 aliphatic carbocycles. The molecular formula is C9H22N2O2Si. The highest BCUT2D eigenvalue weighted by Crippen LogP contribution is 2.36. The minimum atomic E-state index is -1.67. The van der Waals surface area contributed by atoms with Gasteiger partial charge >= 0.3 is 6.03 Å². The number of hydrogen-bond acceptors (Lipinski definition) is 2. The average molecular weight is 218 g/mol. The molecule has 0 unspecified atom stereocenters. The zero-order valence-corrected chi connectivity index (χ0v) is 10.8. The van der Waals surface area contributed by atoms with E-state index >= 15 is 0 Å². The fraction of sp³-hybridized carbons (Fsp3) is 0.889. The van der Waals surface area contributed by atoms with Gasteiger partial charge in [0.25, 0.3) is 0 Å². The van der Waals surface area contributed by atoms with Gasteiger partial charge in [-0.2, -0.15) is 0 Å². The molecule has 0 radical (unpaired) electrons. The van der Waals surface area contributed by atoms with Crippen molar-refractivity contribution in [2.75, 3.05) is 13.2 Å². The maximum atomic E-state index is 10.4. The third kappa shape index (κ3) is 4.62. The molecule has 4 nitrogen and oxygen atoms in total. The summed E-state index contributed by atoms with van der Waals surface area (Å²) in [5.74, 6) is 0. The Morgan fingerprint density at radius 2 is 1.93 bits per heavy atom. The summed E-state index contributed by atoms with van der Waals surface area (Å²) >= 11 is 0. The van der Waals surface area contributed by atoms with Gasteiger partial charge in [0.2, 0.25) is 0 Å². The average Bonchev–Trinajstić information content (AvgIpc) is 1.95. The second-order valence-corrected chi connectivity index (χ2v) is 9.71. The van der Waals surface area contributed by atoms with Crippen molar-refractivity contribution in [3.63, 3.8) is 0 Å². The molecule has 0 heterocycles. The molecule has 0 spiro atoms. The molecule has 0 saturated carbocycles. The van der Waals surface area contributed by atoms with Gasteiger partial charge in [0.05, 0.1) is 6.61 Å². The van der Waals surface area contributed by atoms with Crippen molar-refractivity contribution in [1.29, 1.82) is 0 Å². The van der Waals surface area contributed by atoms with Crippen LogP contribution < -0.4 is 11.1 Å². The zero-order chi connectivity index (χ0) is 11.4. The lowest BCUT2D eigenvalue weighted by Gasteiger charge is -2.36. The van der Waals surface area contributed by atoms with Crippen molar-refractivity contribution in [2.45, 2.75) is 38.9 Å². The van der Waals surface area contributed by atoms with Gasteiger partial charge in [-0.05, 0) is 18.1 Å². The Kier molecular flexibility index (Phi) is 4.60. The van der Waals surface area contributed by atoms with Crippen LogP contribution in [0.3, 0.4) is 0 Å². The Morgan fingerprint density at radius 3 is 2.29 bits per heavy atom. The number of rotatable bonds is 4. The molecule has 5 heteroatoms. The summed E-state index contributed by atoms with van der Waals surface area (Å²) in [6.07, 6.45) is 0. The highest BCUT2D eigenvalue weighted by molar-refractivity contribution is 6.74. The van der Waals surface area contributed by atoms with E-state index < -0.39 is 14.3 Å². The number of nitrogens with two attached hydrogens (primary N) is 1. The molecule has 3 N–H and O–H groups in total. The van der Waals surface area contributed by atoms with E-state index in [1.807, 2.05) is 0 Å². The van der Waals surface area contributed by atoms with E-state index in [0.717, 1.165) is 0 Å². The fourth-order valence-corrected chi connectivity index (χ4v) is 1.74. The summed E-state index contributed by atoms with van der Waals surface area (Å²) in [5.41, 5.74) is 4.93. The van der Waals surface area contributed by atoms with Crippen LogP contribution in [0.25, 0.3) is 0 Å². The lowest BCUT2D eigenvalue weighted by Crippen LogP contribution is -2.43. The van der Waals surface area contributed by atoms with Crippen LogP contribution in [0.5, 0.6) is 0 Å². The van der Waals surface area contributed by atoms with Crippen LogP contribution in [0, 0.1) is 0 Å². The number of primary amides is 1. The first kappa shape index (κ1) is 13.4. The van der Waals surface area contributed by atoms with E-state index in [1.165, 1.54) is 0 Å². The summed E-state index contributed by atoms with van der Waals surface area (Å²) in [6.45, 7) is 11.9. The van der Waals surface area contributed by atoms with E-state index in [9.17, 15) is 4.79 Å². The third-order valence-corrected chi connectivity index (χ3v) is 7.21. The SMILES string of the molecule is CC(C)(C)[Si](C)(C)OCCNC(N)=O. The molecule has 14 heavy (non-hydrogen) atoms. The second-order valence-electron chi connectivity index (χ2n) is 4.90. The van der Waals surface area contributed by atoms with Crippen molar-refractivity contribution >= 4 is 14.3 Å². The van der Waals surface area contributed by atoms with Crippen LogP contribution in [0.15, 0.2) is 0 Å². The van der Waals surface area contributed by atoms with Crippen LogP contribution in [0.2, 0.25) is 18.1 Å². The fourth-order valence-electron chi connectivity index (χ4n) is 0.697. The largest absolute Gasteiger partial charge is 0.415 e. The first-order valence-electron chi connectivity index (χ1n) is 4.84. The predicted octanol–water partition coefficient (Wildman–Crippen LogP) is 1.68. The van der Waals surface area contributed by atoms with Gasteiger partial charge in [-0.25, -0.2) is 4.79 Å². The van der Waals surface area contributed by atoms with Crippen LogP contribution in [-0.2, 0) is 4.43 Å². The molecule has 0 aromatic carbocycles. The van der Waals surface area contributed by atoms with E-state index in [4.69, 9.17) is 10.2 Å². The molecule has 84 valence electrons. The Labute approximate surface area is 87.3 Å². The van der Waals surface area contributed by atoms with Crippen LogP contribution >= 0.6 is 0 Å². The quantitative estimate of drug-likeness (QED) is 0.557. The lowest BCUT2D eigenvalue weighted by atomic mass is 10.2. The molecule has 2 amide bonds. The topological polar surface area (TPSA) is 64.3 Å². The van der Waals surface area contributed by atoms with E-state index in [1.54, 1.807) is 0 Å². The maximum Gasteiger partial charge on any atom is 0.312 e. The Morgan fingerprint density at radius 1 is 1.43 bits per heavy atom. The summed E-state index contributed by atoms with van der Waals surface area (Å²) in [5, 5.41) is 2.71. The van der Waals surface area contributed by atoms with Crippen molar-refractivity contribution in [3.8, 4) is 0 Å². The molecule has 0 aromatic rings. The molecule has 0 saturated heterocycles. The number of urea groups is 1. The van der Waals surface area contributed by atoms with Gasteiger partial charge in [0.15, 0.2) is 8.32 Å². The van der Waals surface area contributed by atoms with Crippen LogP contribution in [0.1, 0.15) is 20.8 Å². The summed E-state index contributed by atoms with van der Waals surface area (Å²) in [4.78, 5) is 10.4. The lowest BCUT2D eigenvalue weighted by molar-refractivity contribution is 0.242. The molecular weight excluding hydrogens is 196 g/mol. The van der Waals surface area contributed by atoms with Gasteiger partial charge in [-0.15, -0.1) is 0 Å². The maximum absolute atomic E-state index is 10.4. The summed E-state index contributed by atoms with van der Waals surface area (Å²) in [6, 6.07) is -0.496. The zero-order valence-electron chi connectivity index (χ0n) is 9.81. The van der Waals surface area contributed by atoms with E-state index in [2.05, 4.69) is 39.2 Å². The molecule has 0 bridgehead atoms. The van der Waals surface area contributed by atoms with Gasteiger partial charge in [0, 0.05) is 6.54 Å². The Hall–Kier alpha value is -0.553. The number of hydrogen-bond donors (Lipinski definition) is 2. The molecule has 0 rings (SSSR count). The second kappa shape index (κ2) is 4.79. The minimum Gasteiger partial charge on any atom is -0.415 e. The van der Waals surface area contributed by atoms with Gasteiger partial charge in [-0.1, -0.05) is 20.8 Å². The van der Waals surface area contributed by atoms with Crippen molar-refractivity contribution in [2.24, 2.45) is 5.73 Å². The van der Waals surface area contributed by atoms with Crippen LogP contribution in [0.4, 0.5) is 4.79 Å². The van der Waals surface area contributed by atoms with Gasteiger partial charge in [0.1, 0.15) is 0 Å². The van der Waals surface area contributed by atoms with Crippen molar-refractivity contribution in [3.05, 3.63) is 0 Å². The van der Waals surface area contributed by atoms with Gasteiger partial charge < -0.3 is 15.5 Å². The first-order chi connectivity index (χ1) is 6.17. The first-order valence-corrected chi connectivity index (χ1v) is 7.75. The number of nitrogens with one attached hydrogen (secondary N) is 1. The van der Waals surface area contributed by atoms with Crippen molar-refractivity contribution in [1.82, 2.24) is 5.32 Å². The Bertz CT molecular complexity index is 199. The summed E-state index contributed by atoms with van der Waals surface area (Å²) in [7, 11) is -1.67. The Balaban J connectivity index is 3.83. The molecule has 0 fully saturated rings. The predicted molar refractivity (Wildman–Crippen MR) is 60.7 cm³/mol. The van der Waals surface area contributed by atoms with Crippen molar-refractivity contribution < 1.29 is 9.22 Å². The third-order valence-electron chi connectivity index (χ3n) is 2.67. The number of amides is 2. The molecule has 0 aliphatic heterocycles.